The Morgan fingerprint density at radius 1 is 1.14 bits per heavy atom. The maximum atomic E-state index is 12.5. The van der Waals surface area contributed by atoms with Crippen LogP contribution in [0.5, 0.6) is 5.75 Å². The van der Waals surface area contributed by atoms with Gasteiger partial charge in [-0.2, -0.15) is 0 Å². The number of benzene rings is 1. The van der Waals surface area contributed by atoms with Crippen LogP contribution in [0.2, 0.25) is 0 Å². The van der Waals surface area contributed by atoms with Gasteiger partial charge < -0.3 is 15.0 Å². The van der Waals surface area contributed by atoms with Crippen LogP contribution >= 0.6 is 0 Å². The highest BCUT2D eigenvalue weighted by Crippen LogP contribution is 2.27. The largest absolute Gasteiger partial charge is 0.497 e. The van der Waals surface area contributed by atoms with Crippen LogP contribution in [0.15, 0.2) is 54.7 Å². The highest BCUT2D eigenvalue weighted by molar-refractivity contribution is 5.75. The van der Waals surface area contributed by atoms with Gasteiger partial charge in [0.2, 0.25) is 0 Å². The van der Waals surface area contributed by atoms with E-state index in [1.165, 1.54) is 0 Å². The lowest BCUT2D eigenvalue weighted by atomic mass is 9.93. The van der Waals surface area contributed by atoms with E-state index in [-0.39, 0.29) is 6.03 Å². The van der Waals surface area contributed by atoms with E-state index in [9.17, 15) is 4.79 Å². The summed E-state index contributed by atoms with van der Waals surface area (Å²) in [4.78, 5) is 23.4. The van der Waals surface area contributed by atoms with Gasteiger partial charge in [-0.25, -0.2) is 14.8 Å². The first-order chi connectivity index (χ1) is 13.7. The summed E-state index contributed by atoms with van der Waals surface area (Å²) in [7, 11) is 1.64. The molecule has 0 atom stereocenters. The molecule has 0 bridgehead atoms. The van der Waals surface area contributed by atoms with Gasteiger partial charge in [0.15, 0.2) is 5.65 Å². The van der Waals surface area contributed by atoms with Gasteiger partial charge in [-0.3, -0.25) is 0 Å². The van der Waals surface area contributed by atoms with Crippen molar-refractivity contribution in [2.75, 3.05) is 20.2 Å². The van der Waals surface area contributed by atoms with Gasteiger partial charge in [0, 0.05) is 42.8 Å². The molecule has 2 aromatic heterocycles. The summed E-state index contributed by atoms with van der Waals surface area (Å²) in [6.07, 6.45) is 3.61. The number of urea groups is 1. The van der Waals surface area contributed by atoms with Crippen molar-refractivity contribution in [2.45, 2.75) is 25.3 Å². The van der Waals surface area contributed by atoms with Crippen LogP contribution in [0.4, 0.5) is 4.79 Å². The normalized spacial score (nSPS) is 14.8. The lowest BCUT2D eigenvalue weighted by molar-refractivity contribution is 0.180. The molecule has 3 heterocycles. The molecule has 0 saturated carbocycles. The molecule has 0 spiro atoms. The number of rotatable bonds is 4. The van der Waals surface area contributed by atoms with E-state index in [4.69, 9.17) is 9.72 Å². The second-order valence-corrected chi connectivity index (χ2v) is 7.05. The lowest BCUT2D eigenvalue weighted by Gasteiger charge is -2.31. The smallest absolute Gasteiger partial charge is 0.317 e. The Labute approximate surface area is 164 Å². The fourth-order valence-corrected chi connectivity index (χ4v) is 3.61. The molecule has 144 valence electrons. The maximum Gasteiger partial charge on any atom is 0.317 e. The SMILES string of the molecule is COc1ccc(CNC(=O)N2CCC(c3ccc4cccnc4n3)CC2)cc1. The van der Waals surface area contributed by atoms with Crippen molar-refractivity contribution in [2.24, 2.45) is 0 Å². The van der Waals surface area contributed by atoms with Crippen molar-refractivity contribution < 1.29 is 9.53 Å². The number of pyridine rings is 2. The number of hydrogen-bond acceptors (Lipinski definition) is 4. The van der Waals surface area contributed by atoms with Crippen LogP contribution in [0.1, 0.15) is 30.0 Å². The monoisotopic (exact) mass is 376 g/mol. The maximum absolute atomic E-state index is 12.5. The van der Waals surface area contributed by atoms with Gasteiger partial charge in [0.1, 0.15) is 5.75 Å². The number of carbonyl (C=O) groups excluding carboxylic acids is 1. The summed E-state index contributed by atoms with van der Waals surface area (Å²) in [6.45, 7) is 1.99. The molecule has 1 aliphatic heterocycles. The van der Waals surface area contributed by atoms with Gasteiger partial charge >= 0.3 is 6.03 Å². The molecule has 6 nitrogen and oxygen atoms in total. The van der Waals surface area contributed by atoms with E-state index in [0.717, 1.165) is 54.0 Å². The van der Waals surface area contributed by atoms with Crippen LogP contribution in [-0.4, -0.2) is 41.1 Å². The molecule has 4 rings (SSSR count). The first-order valence-electron chi connectivity index (χ1n) is 9.60. The summed E-state index contributed by atoms with van der Waals surface area (Å²) in [5.41, 5.74) is 2.92. The number of methoxy groups -OCH3 is 1. The highest BCUT2D eigenvalue weighted by atomic mass is 16.5. The van der Waals surface area contributed by atoms with Crippen LogP contribution in [0.25, 0.3) is 11.0 Å². The average molecular weight is 376 g/mol. The third-order valence-corrected chi connectivity index (χ3v) is 5.29. The quantitative estimate of drug-likeness (QED) is 0.753. The zero-order chi connectivity index (χ0) is 19.3. The van der Waals surface area contributed by atoms with Crippen molar-refractivity contribution >= 4 is 17.1 Å². The van der Waals surface area contributed by atoms with Crippen molar-refractivity contribution in [3.8, 4) is 5.75 Å². The van der Waals surface area contributed by atoms with Crippen LogP contribution < -0.4 is 10.1 Å². The van der Waals surface area contributed by atoms with Gasteiger partial charge in [0.05, 0.1) is 7.11 Å². The number of fused-ring (bicyclic) bond motifs is 1. The molecule has 1 aliphatic rings. The van der Waals surface area contributed by atoms with E-state index in [1.54, 1.807) is 13.3 Å². The number of carbonyl (C=O) groups is 1. The number of ether oxygens (including phenoxy) is 1. The average Bonchev–Trinajstić information content (AvgIpc) is 2.77. The van der Waals surface area contributed by atoms with Crippen molar-refractivity contribution in [3.63, 3.8) is 0 Å². The number of piperidine rings is 1. The van der Waals surface area contributed by atoms with Crippen LogP contribution in [-0.2, 0) is 6.54 Å². The molecule has 0 aliphatic carbocycles. The van der Waals surface area contributed by atoms with E-state index in [0.29, 0.717) is 12.5 Å². The summed E-state index contributed by atoms with van der Waals surface area (Å²) < 4.78 is 5.16. The summed E-state index contributed by atoms with van der Waals surface area (Å²) in [6, 6.07) is 15.8. The first kappa shape index (κ1) is 18.2. The Morgan fingerprint density at radius 3 is 2.68 bits per heavy atom. The minimum absolute atomic E-state index is 0.0117. The number of aromatic nitrogens is 2. The number of hydrogen-bond donors (Lipinski definition) is 1. The third kappa shape index (κ3) is 4.06. The Kier molecular flexibility index (Phi) is 5.37. The van der Waals surface area contributed by atoms with Crippen LogP contribution in [0, 0.1) is 0 Å². The number of likely N-dealkylation sites (tertiary alicyclic amines) is 1. The summed E-state index contributed by atoms with van der Waals surface area (Å²) >= 11 is 0. The fourth-order valence-electron chi connectivity index (χ4n) is 3.61. The van der Waals surface area contributed by atoms with Gasteiger partial charge in [-0.15, -0.1) is 0 Å². The number of nitrogens with zero attached hydrogens (tertiary/aromatic N) is 3. The molecular weight excluding hydrogens is 352 g/mol. The molecule has 2 amide bonds. The topological polar surface area (TPSA) is 67.3 Å². The summed E-state index contributed by atoms with van der Waals surface area (Å²) in [5.74, 6) is 1.19. The molecule has 0 unspecified atom stereocenters. The van der Waals surface area contributed by atoms with Gasteiger partial charge in [-0.1, -0.05) is 12.1 Å². The Balaban J connectivity index is 1.30. The number of nitrogens with one attached hydrogen (secondary N) is 1. The Bertz CT molecular complexity index is 950. The molecule has 1 aromatic carbocycles. The zero-order valence-corrected chi connectivity index (χ0v) is 16.0. The van der Waals surface area contributed by atoms with E-state index in [2.05, 4.69) is 22.4 Å². The van der Waals surface area contributed by atoms with E-state index < -0.39 is 0 Å². The molecule has 28 heavy (non-hydrogen) atoms. The van der Waals surface area contributed by atoms with Gasteiger partial charge in [-0.05, 0) is 54.8 Å². The summed E-state index contributed by atoms with van der Waals surface area (Å²) in [5, 5.41) is 4.06. The standard InChI is InChI=1S/C22H24N4O2/c1-28-19-7-4-16(5-8-19)15-24-22(27)26-13-10-17(11-14-26)20-9-6-18-3-2-12-23-21(18)25-20/h2-9,12,17H,10-11,13-15H2,1H3,(H,24,27). The molecule has 1 saturated heterocycles. The van der Waals surface area contributed by atoms with Crippen molar-refractivity contribution in [1.29, 1.82) is 0 Å². The van der Waals surface area contributed by atoms with E-state index >= 15 is 0 Å². The molecular formula is C22H24N4O2. The molecule has 3 aromatic rings. The second kappa shape index (κ2) is 8.25. The molecule has 6 heteroatoms. The zero-order valence-electron chi connectivity index (χ0n) is 16.0. The Hall–Kier alpha value is -3.15. The predicted octanol–water partition coefficient (Wildman–Crippen LogP) is 3.73. The minimum atomic E-state index is -0.0117. The Morgan fingerprint density at radius 2 is 1.93 bits per heavy atom. The third-order valence-electron chi connectivity index (χ3n) is 5.29. The van der Waals surface area contributed by atoms with Crippen molar-refractivity contribution in [1.82, 2.24) is 20.2 Å². The highest BCUT2D eigenvalue weighted by Gasteiger charge is 2.24. The van der Waals surface area contributed by atoms with Crippen molar-refractivity contribution in [3.05, 3.63) is 66.0 Å². The predicted molar refractivity (Wildman–Crippen MR) is 108 cm³/mol. The van der Waals surface area contributed by atoms with Crippen LogP contribution in [0.3, 0.4) is 0 Å². The first-order valence-corrected chi connectivity index (χ1v) is 9.60. The lowest BCUT2D eigenvalue weighted by Crippen LogP contribution is -2.43. The molecule has 1 fully saturated rings. The molecule has 0 radical (unpaired) electrons. The minimum Gasteiger partial charge on any atom is -0.497 e. The second-order valence-electron chi connectivity index (χ2n) is 7.05. The van der Waals surface area contributed by atoms with E-state index in [1.807, 2.05) is 41.3 Å². The van der Waals surface area contributed by atoms with Gasteiger partial charge in [0.25, 0.3) is 0 Å². The fraction of sp³-hybridized carbons (Fsp3) is 0.318. The number of amides is 2. The molecule has 1 N–H and O–H groups in total.